The molecule has 0 N–H and O–H groups in total. The van der Waals surface area contributed by atoms with E-state index in [0.717, 1.165) is 17.2 Å². The molecule has 0 saturated heterocycles. The number of hydrogen-bond donors (Lipinski definition) is 0. The first-order chi connectivity index (χ1) is 13.4. The van der Waals surface area contributed by atoms with E-state index in [9.17, 15) is 0 Å². The van der Waals surface area contributed by atoms with Crippen molar-refractivity contribution in [3.05, 3.63) is 84.8 Å². The van der Waals surface area contributed by atoms with Gasteiger partial charge in [-0.15, -0.1) is 0 Å². The van der Waals surface area contributed by atoms with Crippen molar-refractivity contribution in [1.29, 1.82) is 0 Å². The van der Waals surface area contributed by atoms with E-state index in [0.29, 0.717) is 0 Å². The van der Waals surface area contributed by atoms with Crippen LogP contribution in [0.1, 0.15) is 72.4 Å². The molecule has 0 aromatic heterocycles. The van der Waals surface area contributed by atoms with E-state index in [1.54, 1.807) is 22.9 Å². The first-order valence-electron chi connectivity index (χ1n) is 10.3. The van der Waals surface area contributed by atoms with Crippen LogP contribution in [0.25, 0.3) is 4.91 Å². The number of fused-ring (bicyclic) bond motifs is 1. The van der Waals surface area contributed by atoms with Crippen LogP contribution in [0.15, 0.2) is 47.9 Å². The Morgan fingerprint density at radius 2 is 2.00 bits per heavy atom. The molecule has 2 aromatic rings. The smallest absolute Gasteiger partial charge is 0.0162 e. The molecule has 0 aliphatic heterocycles. The average Bonchev–Trinajstić information content (AvgIpc) is 2.69. The van der Waals surface area contributed by atoms with Crippen LogP contribution in [-0.2, 0) is 12.8 Å². The number of hydrogen-bond acceptors (Lipinski definition) is 1. The Bertz CT molecular complexity index is 907. The van der Waals surface area contributed by atoms with Gasteiger partial charge in [-0.05, 0) is 126 Å². The highest BCUT2D eigenvalue weighted by Crippen LogP contribution is 2.37. The number of aryl methyl sites for hydroxylation is 3. The van der Waals surface area contributed by atoms with Crippen LogP contribution in [0.3, 0.4) is 0 Å². The molecule has 3 rings (SSSR count). The molecule has 0 spiro atoms. The average molecular weight is 503 g/mol. The highest BCUT2D eigenvalue weighted by molar-refractivity contribution is 14.1. The molecule has 1 aliphatic rings. The van der Waals surface area contributed by atoms with Crippen LogP contribution in [0.2, 0.25) is 0 Å². The zero-order valence-corrected chi connectivity index (χ0v) is 20.5. The molecule has 148 valence electrons. The Hall–Kier alpha value is -1.00. The molecule has 28 heavy (non-hydrogen) atoms. The molecule has 1 aliphatic carbocycles. The van der Waals surface area contributed by atoms with Crippen molar-refractivity contribution in [3.8, 4) is 0 Å². The third-order valence-electron chi connectivity index (χ3n) is 5.89. The van der Waals surface area contributed by atoms with Crippen LogP contribution in [0.5, 0.6) is 0 Å². The molecule has 1 unspecified atom stereocenters. The summed E-state index contributed by atoms with van der Waals surface area (Å²) in [7, 11) is 0. The quantitative estimate of drug-likeness (QED) is 0.357. The minimum absolute atomic E-state index is 0.751. The fourth-order valence-electron chi connectivity index (χ4n) is 4.13. The topological polar surface area (TPSA) is 0 Å². The second-order valence-corrected chi connectivity index (χ2v) is 10.2. The SMILES string of the molecule is C=C(S/C=C(\C)Cc1cc(C)c(I)cc1C)c1ccc2c(c1)CCCC2CC. The second kappa shape index (κ2) is 9.67. The standard InChI is InChI=1S/C26H31IS/c1-6-21-8-7-9-23-15-22(10-11-25(21)23)20(5)28-16-17(2)12-24-13-19(4)26(27)14-18(24)3/h10-11,13-16,21H,5-9,12H2,1-4H3/b17-16+. The minimum Gasteiger partial charge on any atom is -0.0981 e. The molecule has 0 bridgehead atoms. The number of rotatable bonds is 6. The zero-order valence-electron chi connectivity index (χ0n) is 17.6. The maximum absolute atomic E-state index is 4.35. The van der Waals surface area contributed by atoms with Gasteiger partial charge in [0.1, 0.15) is 0 Å². The van der Waals surface area contributed by atoms with E-state index in [1.807, 2.05) is 0 Å². The van der Waals surface area contributed by atoms with Crippen LogP contribution >= 0.6 is 34.4 Å². The molecule has 0 heterocycles. The molecule has 0 nitrogen and oxygen atoms in total. The minimum atomic E-state index is 0.751. The maximum atomic E-state index is 4.35. The maximum Gasteiger partial charge on any atom is 0.0162 e. The first kappa shape index (κ1) is 21.7. The van der Waals surface area contributed by atoms with Gasteiger partial charge in [0, 0.05) is 8.48 Å². The van der Waals surface area contributed by atoms with Gasteiger partial charge in [0.2, 0.25) is 0 Å². The number of thioether (sulfide) groups is 1. The third-order valence-corrected chi connectivity index (χ3v) is 8.09. The summed E-state index contributed by atoms with van der Waals surface area (Å²) in [5.74, 6) is 0.751. The highest BCUT2D eigenvalue weighted by atomic mass is 127. The lowest BCUT2D eigenvalue weighted by Gasteiger charge is -2.25. The largest absolute Gasteiger partial charge is 0.0981 e. The first-order valence-corrected chi connectivity index (χ1v) is 12.2. The van der Waals surface area contributed by atoms with Crippen molar-refractivity contribution in [2.45, 2.75) is 65.7 Å². The summed E-state index contributed by atoms with van der Waals surface area (Å²) < 4.78 is 1.35. The fraction of sp³-hybridized carbons (Fsp3) is 0.385. The Morgan fingerprint density at radius 3 is 2.75 bits per heavy atom. The Labute approximate surface area is 189 Å². The summed E-state index contributed by atoms with van der Waals surface area (Å²) in [5, 5.41) is 2.28. The molecule has 0 amide bonds. The molecule has 1 atom stereocenters. The second-order valence-electron chi connectivity index (χ2n) is 8.12. The lowest BCUT2D eigenvalue weighted by Crippen LogP contribution is -2.09. The normalized spacial score (nSPS) is 16.8. The fourth-order valence-corrected chi connectivity index (χ4v) is 5.44. The number of allylic oxidation sites excluding steroid dienone is 1. The predicted molar refractivity (Wildman–Crippen MR) is 135 cm³/mol. The summed E-state index contributed by atoms with van der Waals surface area (Å²) >= 11 is 4.19. The molecule has 0 radical (unpaired) electrons. The van der Waals surface area contributed by atoms with E-state index in [1.165, 1.54) is 57.1 Å². The monoisotopic (exact) mass is 502 g/mol. The van der Waals surface area contributed by atoms with Crippen LogP contribution in [0, 0.1) is 17.4 Å². The summed E-state index contributed by atoms with van der Waals surface area (Å²) in [6.45, 7) is 13.3. The van der Waals surface area contributed by atoms with E-state index in [-0.39, 0.29) is 0 Å². The molecule has 2 heteroatoms. The van der Waals surface area contributed by atoms with Crippen LogP contribution in [0.4, 0.5) is 0 Å². The summed E-state index contributed by atoms with van der Waals surface area (Å²) in [6, 6.07) is 11.7. The van der Waals surface area contributed by atoms with Gasteiger partial charge in [-0.1, -0.05) is 55.1 Å². The lowest BCUT2D eigenvalue weighted by atomic mass is 9.81. The van der Waals surface area contributed by atoms with Gasteiger partial charge in [-0.3, -0.25) is 0 Å². The lowest BCUT2D eigenvalue weighted by molar-refractivity contribution is 0.540. The van der Waals surface area contributed by atoms with Gasteiger partial charge in [0.15, 0.2) is 0 Å². The van der Waals surface area contributed by atoms with Crippen molar-refractivity contribution in [2.75, 3.05) is 0 Å². The van der Waals surface area contributed by atoms with Gasteiger partial charge in [0.05, 0.1) is 0 Å². The number of halogens is 1. The summed E-state index contributed by atoms with van der Waals surface area (Å²) in [6.07, 6.45) is 6.14. The van der Waals surface area contributed by atoms with Gasteiger partial charge in [-0.25, -0.2) is 0 Å². The predicted octanol–water partition coefficient (Wildman–Crippen LogP) is 8.59. The third kappa shape index (κ3) is 5.13. The molecular formula is C26H31IS. The van der Waals surface area contributed by atoms with Crippen LogP contribution in [-0.4, -0.2) is 0 Å². The van der Waals surface area contributed by atoms with Crippen molar-refractivity contribution >= 4 is 39.3 Å². The van der Waals surface area contributed by atoms with Gasteiger partial charge in [-0.2, -0.15) is 0 Å². The highest BCUT2D eigenvalue weighted by Gasteiger charge is 2.19. The molecule has 0 fully saturated rings. The summed E-state index contributed by atoms with van der Waals surface area (Å²) in [4.78, 5) is 1.15. The summed E-state index contributed by atoms with van der Waals surface area (Å²) in [5.41, 5.74) is 9.97. The number of benzene rings is 2. The molecule has 0 saturated carbocycles. The van der Waals surface area contributed by atoms with E-state index < -0.39 is 0 Å². The van der Waals surface area contributed by atoms with Crippen molar-refractivity contribution in [3.63, 3.8) is 0 Å². The Kier molecular flexibility index (Phi) is 7.49. The molecule has 2 aromatic carbocycles. The van der Waals surface area contributed by atoms with Gasteiger partial charge < -0.3 is 0 Å². The Balaban J connectivity index is 1.69. The van der Waals surface area contributed by atoms with E-state index >= 15 is 0 Å². The zero-order chi connectivity index (χ0) is 20.3. The Morgan fingerprint density at radius 1 is 1.21 bits per heavy atom. The van der Waals surface area contributed by atoms with Gasteiger partial charge >= 0.3 is 0 Å². The van der Waals surface area contributed by atoms with Crippen molar-refractivity contribution < 1.29 is 0 Å². The van der Waals surface area contributed by atoms with Crippen molar-refractivity contribution in [1.82, 2.24) is 0 Å². The van der Waals surface area contributed by atoms with Crippen LogP contribution < -0.4 is 0 Å². The van der Waals surface area contributed by atoms with E-state index in [4.69, 9.17) is 0 Å². The van der Waals surface area contributed by atoms with Crippen molar-refractivity contribution in [2.24, 2.45) is 0 Å². The van der Waals surface area contributed by atoms with E-state index in [2.05, 4.69) is 92.6 Å². The molecular weight excluding hydrogens is 471 g/mol. The van der Waals surface area contributed by atoms with Gasteiger partial charge in [0.25, 0.3) is 0 Å².